The Labute approximate surface area is 158 Å². The highest BCUT2D eigenvalue weighted by Gasteiger charge is 2.24. The lowest BCUT2D eigenvalue weighted by molar-refractivity contribution is 0.183. The summed E-state index contributed by atoms with van der Waals surface area (Å²) >= 11 is 6.16. The Morgan fingerprint density at radius 1 is 1.15 bits per heavy atom. The van der Waals surface area contributed by atoms with Gasteiger partial charge < -0.3 is 4.74 Å². The van der Waals surface area contributed by atoms with Gasteiger partial charge in [-0.2, -0.15) is 13.8 Å². The molecule has 0 aliphatic rings. The average Bonchev–Trinajstić information content (AvgIpc) is 2.63. The smallest absolute Gasteiger partial charge is 0.262 e. The molecule has 0 aliphatic heterocycles. The summed E-state index contributed by atoms with van der Waals surface area (Å²) in [6.45, 7) is 0.0980. The van der Waals surface area contributed by atoms with Gasteiger partial charge in [-0.05, 0) is 30.0 Å². The van der Waals surface area contributed by atoms with E-state index >= 15 is 0 Å². The summed E-state index contributed by atoms with van der Waals surface area (Å²) < 4.78 is 60.7. The number of hydrogen-bond donors (Lipinski definition) is 0. The molecule has 142 valence electrons. The van der Waals surface area contributed by atoms with E-state index in [1.807, 2.05) is 0 Å². The van der Waals surface area contributed by atoms with Crippen molar-refractivity contribution in [2.45, 2.75) is 16.6 Å². The number of nitrogens with zero attached hydrogens (tertiary/aromatic N) is 3. The SMILES string of the molecule is COCCn1c(Sc2c(F)c(F)nc(F)c2F)nc2cc(Cl)ccc2c1=O. The minimum atomic E-state index is -1.80. The summed E-state index contributed by atoms with van der Waals surface area (Å²) in [4.78, 5) is 18.4. The summed E-state index contributed by atoms with van der Waals surface area (Å²) in [5, 5.41) is 0.320. The number of ether oxygens (including phenoxy) is 1. The third kappa shape index (κ3) is 3.78. The van der Waals surface area contributed by atoms with E-state index in [1.54, 1.807) is 0 Å². The van der Waals surface area contributed by atoms with Gasteiger partial charge in [-0.25, -0.2) is 13.8 Å². The zero-order valence-electron chi connectivity index (χ0n) is 13.6. The van der Waals surface area contributed by atoms with Gasteiger partial charge in [0.1, 0.15) is 0 Å². The number of benzene rings is 1. The fourth-order valence-electron chi connectivity index (χ4n) is 2.28. The summed E-state index contributed by atoms with van der Waals surface area (Å²) in [6, 6.07) is 4.34. The van der Waals surface area contributed by atoms with Crippen molar-refractivity contribution in [2.75, 3.05) is 13.7 Å². The van der Waals surface area contributed by atoms with Gasteiger partial charge in [0, 0.05) is 12.1 Å². The van der Waals surface area contributed by atoms with E-state index in [0.717, 1.165) is 4.57 Å². The van der Waals surface area contributed by atoms with Crippen LogP contribution in [-0.2, 0) is 11.3 Å². The molecule has 0 atom stereocenters. The molecule has 11 heteroatoms. The van der Waals surface area contributed by atoms with Gasteiger partial charge in [0.2, 0.25) is 0 Å². The molecule has 0 saturated carbocycles. The fourth-order valence-corrected chi connectivity index (χ4v) is 3.41. The van der Waals surface area contributed by atoms with Crippen LogP contribution in [0.3, 0.4) is 0 Å². The van der Waals surface area contributed by atoms with Crippen LogP contribution in [0.5, 0.6) is 0 Å². The molecule has 0 spiro atoms. The highest BCUT2D eigenvalue weighted by molar-refractivity contribution is 7.99. The van der Waals surface area contributed by atoms with Crippen molar-refractivity contribution in [1.29, 1.82) is 0 Å². The van der Waals surface area contributed by atoms with Crippen molar-refractivity contribution in [3.63, 3.8) is 0 Å². The first kappa shape index (κ1) is 19.6. The molecule has 0 amide bonds. The summed E-state index contributed by atoms with van der Waals surface area (Å²) in [5.41, 5.74) is -0.355. The Morgan fingerprint density at radius 3 is 2.44 bits per heavy atom. The minimum Gasteiger partial charge on any atom is -0.383 e. The second-order valence-electron chi connectivity index (χ2n) is 5.26. The highest BCUT2D eigenvalue weighted by Crippen LogP contribution is 2.33. The zero-order valence-corrected chi connectivity index (χ0v) is 15.2. The highest BCUT2D eigenvalue weighted by atomic mass is 35.5. The van der Waals surface area contributed by atoms with E-state index in [-0.39, 0.29) is 41.0 Å². The monoisotopic (exact) mass is 419 g/mol. The van der Waals surface area contributed by atoms with Gasteiger partial charge in [-0.15, -0.1) is 0 Å². The average molecular weight is 420 g/mol. The normalized spacial score (nSPS) is 11.3. The van der Waals surface area contributed by atoms with Crippen molar-refractivity contribution in [3.05, 3.63) is 57.1 Å². The van der Waals surface area contributed by atoms with Crippen LogP contribution in [-0.4, -0.2) is 28.3 Å². The van der Waals surface area contributed by atoms with Crippen LogP contribution in [0.1, 0.15) is 0 Å². The lowest BCUT2D eigenvalue weighted by Gasteiger charge is -2.13. The Bertz CT molecular complexity index is 1070. The van der Waals surface area contributed by atoms with Gasteiger partial charge in [0.15, 0.2) is 16.8 Å². The Balaban J connectivity index is 2.23. The van der Waals surface area contributed by atoms with E-state index in [0.29, 0.717) is 5.02 Å². The molecule has 2 heterocycles. The Kier molecular flexibility index (Phi) is 5.68. The lowest BCUT2D eigenvalue weighted by atomic mass is 10.2. The third-order valence-corrected chi connectivity index (χ3v) is 4.84. The number of fused-ring (bicyclic) bond motifs is 1. The molecular formula is C16H10ClF4N3O2S. The molecule has 0 N–H and O–H groups in total. The van der Waals surface area contributed by atoms with E-state index in [2.05, 4.69) is 9.97 Å². The second-order valence-corrected chi connectivity index (χ2v) is 6.67. The first-order valence-electron chi connectivity index (χ1n) is 7.40. The number of pyridine rings is 1. The molecular weight excluding hydrogens is 410 g/mol. The number of halogens is 5. The molecule has 27 heavy (non-hydrogen) atoms. The molecule has 0 unspecified atom stereocenters. The number of aromatic nitrogens is 3. The molecule has 0 fully saturated rings. The van der Waals surface area contributed by atoms with Crippen molar-refractivity contribution in [1.82, 2.24) is 14.5 Å². The van der Waals surface area contributed by atoms with Crippen molar-refractivity contribution in [2.24, 2.45) is 0 Å². The second kappa shape index (κ2) is 7.83. The minimum absolute atomic E-state index is 0.00250. The van der Waals surface area contributed by atoms with Gasteiger partial charge in [0.05, 0.1) is 29.0 Å². The maximum absolute atomic E-state index is 14.0. The van der Waals surface area contributed by atoms with Crippen LogP contribution in [0.4, 0.5) is 17.6 Å². The predicted molar refractivity (Wildman–Crippen MR) is 91.1 cm³/mol. The Morgan fingerprint density at radius 2 is 1.81 bits per heavy atom. The van der Waals surface area contributed by atoms with Gasteiger partial charge in [0.25, 0.3) is 17.5 Å². The Hall–Kier alpha value is -2.17. The topological polar surface area (TPSA) is 57.0 Å². The third-order valence-electron chi connectivity index (χ3n) is 3.55. The fraction of sp³-hybridized carbons (Fsp3) is 0.188. The standard InChI is InChI=1S/C16H10ClF4N3O2S/c1-26-5-4-24-15(25)8-3-2-7(17)6-9(8)22-16(24)27-12-10(18)13(20)23-14(21)11(12)19/h2-3,6H,4-5H2,1H3. The number of rotatable bonds is 5. The van der Waals surface area contributed by atoms with E-state index in [9.17, 15) is 22.4 Å². The van der Waals surface area contributed by atoms with Gasteiger partial charge in [-0.1, -0.05) is 11.6 Å². The van der Waals surface area contributed by atoms with Crippen molar-refractivity contribution >= 4 is 34.3 Å². The molecule has 1 aromatic carbocycles. The largest absolute Gasteiger partial charge is 0.383 e. The van der Waals surface area contributed by atoms with Gasteiger partial charge >= 0.3 is 0 Å². The maximum atomic E-state index is 14.0. The molecule has 5 nitrogen and oxygen atoms in total. The molecule has 2 aromatic heterocycles. The van der Waals surface area contributed by atoms with Crippen molar-refractivity contribution in [3.8, 4) is 0 Å². The summed E-state index contributed by atoms with van der Waals surface area (Å²) in [6.07, 6.45) is 0. The van der Waals surface area contributed by atoms with Crippen LogP contribution < -0.4 is 5.56 Å². The quantitative estimate of drug-likeness (QED) is 0.358. The van der Waals surface area contributed by atoms with E-state index in [4.69, 9.17) is 16.3 Å². The van der Waals surface area contributed by atoms with Crippen molar-refractivity contribution < 1.29 is 22.3 Å². The number of hydrogen-bond acceptors (Lipinski definition) is 5. The molecule has 3 rings (SSSR count). The number of methoxy groups -OCH3 is 1. The van der Waals surface area contributed by atoms with Crippen LogP contribution in [0.15, 0.2) is 33.0 Å². The van der Waals surface area contributed by atoms with E-state index in [1.165, 1.54) is 25.3 Å². The zero-order chi connectivity index (χ0) is 19.7. The molecule has 0 saturated heterocycles. The lowest BCUT2D eigenvalue weighted by Crippen LogP contribution is -2.25. The van der Waals surface area contributed by atoms with Crippen LogP contribution in [0.25, 0.3) is 10.9 Å². The summed E-state index contributed by atoms with van der Waals surface area (Å²) in [7, 11) is 1.40. The van der Waals surface area contributed by atoms with Crippen LogP contribution >= 0.6 is 23.4 Å². The predicted octanol–water partition coefficient (Wildman–Crippen LogP) is 3.80. The first-order valence-corrected chi connectivity index (χ1v) is 8.59. The molecule has 0 bridgehead atoms. The first-order chi connectivity index (χ1) is 12.8. The van der Waals surface area contributed by atoms with Crippen LogP contribution in [0, 0.1) is 23.5 Å². The van der Waals surface area contributed by atoms with Gasteiger partial charge in [-0.3, -0.25) is 9.36 Å². The molecule has 0 radical (unpaired) electrons. The van der Waals surface area contributed by atoms with E-state index < -0.39 is 34.0 Å². The maximum Gasteiger partial charge on any atom is 0.262 e. The molecule has 0 aliphatic carbocycles. The van der Waals surface area contributed by atoms with Crippen LogP contribution in [0.2, 0.25) is 5.02 Å². The molecule has 3 aromatic rings. The summed E-state index contributed by atoms with van der Waals surface area (Å²) in [5.74, 6) is -6.97.